The minimum atomic E-state index is -5.17. The van der Waals surface area contributed by atoms with Crippen LogP contribution in [0.1, 0.15) is 22.0 Å². The molecule has 0 N–H and O–H groups in total. The molecule has 1 aromatic carbocycles. The fourth-order valence-corrected chi connectivity index (χ4v) is 3.90. The van der Waals surface area contributed by atoms with Crippen LogP contribution in [0.3, 0.4) is 0 Å². The molecule has 0 spiro atoms. The van der Waals surface area contributed by atoms with Gasteiger partial charge in [0.05, 0.1) is 7.11 Å². The van der Waals surface area contributed by atoms with Crippen LogP contribution in [-0.2, 0) is 43.3 Å². The molecular formula is C16H16ClKNO10S3-3. The van der Waals surface area contributed by atoms with Crippen molar-refractivity contribution in [3.63, 3.8) is 0 Å². The zero-order valence-corrected chi connectivity index (χ0v) is 23.1. The summed E-state index contributed by atoms with van der Waals surface area (Å²) in [7, 11) is -8.91. The summed E-state index contributed by atoms with van der Waals surface area (Å²) in [6.07, 6.45) is 0.963. The number of methoxy groups -OCH3 is 1. The van der Waals surface area contributed by atoms with Crippen molar-refractivity contribution in [2.75, 3.05) is 13.7 Å². The smallest absolute Gasteiger partial charge is 0.759 e. The van der Waals surface area contributed by atoms with Gasteiger partial charge < -0.3 is 22.9 Å². The molecule has 32 heavy (non-hydrogen) atoms. The largest absolute Gasteiger partial charge is 1.00 e. The van der Waals surface area contributed by atoms with Crippen molar-refractivity contribution in [3.05, 3.63) is 56.7 Å². The fraction of sp³-hybridized carbons (Fsp3) is 0.312. The van der Waals surface area contributed by atoms with Crippen molar-refractivity contribution in [1.29, 1.82) is 0 Å². The van der Waals surface area contributed by atoms with Crippen molar-refractivity contribution < 1.29 is 96.0 Å². The van der Waals surface area contributed by atoms with Crippen LogP contribution in [0.4, 0.5) is 0 Å². The van der Waals surface area contributed by atoms with E-state index in [1.165, 1.54) is 17.6 Å². The predicted molar refractivity (Wildman–Crippen MR) is 106 cm³/mol. The standard InChI is InChI=1S/C16H16ClNO2S.K.2H2O4S/c1-20-16(19)15(12-4-2-3-5-13(12)17)18-8-6-14-11(10-18)7-9-21-14;;2*1-5(2,3)4/h2-5,7,9,15H,6,8,10H2,1H3;;2*(H2,1,2,3,4)/q;+1;;/p-4/t15-;;;/m0.../s1. The number of benzene rings is 1. The molecule has 16 heteroatoms. The Labute approximate surface area is 237 Å². The van der Waals surface area contributed by atoms with Crippen LogP contribution in [0.25, 0.3) is 0 Å². The zero-order chi connectivity index (χ0) is 23.8. The van der Waals surface area contributed by atoms with Gasteiger partial charge in [0.2, 0.25) is 0 Å². The third kappa shape index (κ3) is 13.0. The molecule has 0 fully saturated rings. The quantitative estimate of drug-likeness (QED) is 0.177. The van der Waals surface area contributed by atoms with Crippen LogP contribution in [0.2, 0.25) is 5.02 Å². The Bertz CT molecular complexity index is 1040. The molecule has 1 atom stereocenters. The Hall–Kier alpha value is 0.0164. The summed E-state index contributed by atoms with van der Waals surface area (Å²) in [5, 5.41) is 2.71. The predicted octanol–water partition coefficient (Wildman–Crippen LogP) is -2.00. The van der Waals surface area contributed by atoms with Gasteiger partial charge in [-0.25, -0.2) is 4.79 Å². The molecular weight excluding hydrogens is 537 g/mol. The van der Waals surface area contributed by atoms with Gasteiger partial charge in [0.15, 0.2) is 0 Å². The van der Waals surface area contributed by atoms with Crippen molar-refractivity contribution in [2.24, 2.45) is 0 Å². The van der Waals surface area contributed by atoms with E-state index in [4.69, 9.17) is 51.4 Å². The number of esters is 1. The first kappa shape index (κ1) is 32.0. The maximum absolute atomic E-state index is 12.3. The maximum atomic E-state index is 12.3. The molecule has 0 radical (unpaired) electrons. The number of rotatable bonds is 3. The minimum Gasteiger partial charge on any atom is -0.759 e. The van der Waals surface area contributed by atoms with Crippen LogP contribution in [0, 0.1) is 0 Å². The molecule has 174 valence electrons. The first-order valence-electron chi connectivity index (χ1n) is 8.15. The van der Waals surface area contributed by atoms with E-state index in [1.807, 2.05) is 24.3 Å². The second-order valence-electron chi connectivity index (χ2n) is 5.85. The molecule has 1 aromatic heterocycles. The summed E-state index contributed by atoms with van der Waals surface area (Å²) >= 11 is 8.07. The molecule has 0 saturated carbocycles. The van der Waals surface area contributed by atoms with Crippen LogP contribution in [0.5, 0.6) is 0 Å². The zero-order valence-electron chi connectivity index (χ0n) is 16.8. The van der Waals surface area contributed by atoms with E-state index in [1.54, 1.807) is 11.3 Å². The molecule has 11 nitrogen and oxygen atoms in total. The Morgan fingerprint density at radius 2 is 1.62 bits per heavy atom. The monoisotopic (exact) mass is 552 g/mol. The molecule has 0 unspecified atom stereocenters. The van der Waals surface area contributed by atoms with Gasteiger partial charge in [-0.05, 0) is 35.1 Å². The first-order chi connectivity index (χ1) is 14.2. The Morgan fingerprint density at radius 3 is 2.12 bits per heavy atom. The second kappa shape index (κ2) is 14.4. The Morgan fingerprint density at radius 1 is 1.09 bits per heavy atom. The van der Waals surface area contributed by atoms with E-state index >= 15 is 0 Å². The SMILES string of the molecule is COC(=O)[C@H](c1ccccc1Cl)N1CCc2sccc2C1.O=S(=O)([O-])[O-].O=S(=O)([O-])[O-].[K+]. The third-order valence-electron chi connectivity index (χ3n) is 3.83. The number of carbonyl (C=O) groups excluding carboxylic acids is 1. The maximum Gasteiger partial charge on any atom is 1.00 e. The molecule has 0 saturated heterocycles. The van der Waals surface area contributed by atoms with Gasteiger partial charge in [-0.15, -0.1) is 11.3 Å². The van der Waals surface area contributed by atoms with E-state index in [0.717, 1.165) is 25.1 Å². The van der Waals surface area contributed by atoms with E-state index in [0.29, 0.717) is 5.02 Å². The summed E-state index contributed by atoms with van der Waals surface area (Å²) in [5.74, 6) is -0.262. The number of carbonyl (C=O) groups is 1. The minimum absolute atomic E-state index is 0. The second-order valence-corrected chi connectivity index (χ2v) is 8.89. The average molecular weight is 553 g/mol. The average Bonchev–Trinajstić information content (AvgIpc) is 3.08. The summed E-state index contributed by atoms with van der Waals surface area (Å²) < 4.78 is 73.2. The van der Waals surface area contributed by atoms with Crippen LogP contribution >= 0.6 is 22.9 Å². The van der Waals surface area contributed by atoms with Gasteiger partial charge in [-0.3, -0.25) is 21.7 Å². The van der Waals surface area contributed by atoms with Gasteiger partial charge in [0.1, 0.15) is 6.04 Å². The van der Waals surface area contributed by atoms with E-state index in [2.05, 4.69) is 16.3 Å². The summed E-state index contributed by atoms with van der Waals surface area (Å²) in [6.45, 7) is 1.59. The van der Waals surface area contributed by atoms with E-state index in [-0.39, 0.29) is 57.4 Å². The van der Waals surface area contributed by atoms with E-state index in [9.17, 15) is 4.79 Å². The topological polar surface area (TPSA) is 190 Å². The molecule has 2 aromatic rings. The fourth-order valence-electron chi connectivity index (χ4n) is 2.77. The van der Waals surface area contributed by atoms with Crippen molar-refractivity contribution in [1.82, 2.24) is 4.90 Å². The number of hydrogen-bond acceptors (Lipinski definition) is 12. The number of hydrogen-bond donors (Lipinski definition) is 0. The van der Waals surface area contributed by atoms with Gasteiger partial charge in [-0.1, -0.05) is 29.8 Å². The normalized spacial score (nSPS) is 14.3. The Kier molecular flexibility index (Phi) is 14.4. The molecule has 0 amide bonds. The van der Waals surface area contributed by atoms with Crippen molar-refractivity contribution >= 4 is 49.7 Å². The van der Waals surface area contributed by atoms with Gasteiger partial charge in [-0.2, -0.15) is 0 Å². The molecule has 2 heterocycles. The molecule has 0 aliphatic carbocycles. The van der Waals surface area contributed by atoms with Crippen molar-refractivity contribution in [2.45, 2.75) is 19.0 Å². The summed E-state index contributed by atoms with van der Waals surface area (Å²) in [6, 6.07) is 9.16. The van der Waals surface area contributed by atoms with Gasteiger partial charge in [0.25, 0.3) is 0 Å². The first-order valence-corrected chi connectivity index (χ1v) is 12.1. The van der Waals surface area contributed by atoms with Crippen molar-refractivity contribution in [3.8, 4) is 0 Å². The van der Waals surface area contributed by atoms with Gasteiger partial charge >= 0.3 is 57.4 Å². The summed E-state index contributed by atoms with van der Waals surface area (Å²) in [4.78, 5) is 15.8. The molecule has 0 bridgehead atoms. The van der Waals surface area contributed by atoms with Crippen LogP contribution in [-0.4, -0.2) is 59.6 Å². The third-order valence-corrected chi connectivity index (χ3v) is 5.19. The van der Waals surface area contributed by atoms with Crippen LogP contribution in [0.15, 0.2) is 35.7 Å². The molecule has 3 rings (SSSR count). The molecule has 1 aliphatic rings. The summed E-state index contributed by atoms with van der Waals surface area (Å²) in [5.41, 5.74) is 2.11. The number of fused-ring (bicyclic) bond motifs is 1. The Balaban J connectivity index is 0.000000740. The molecule has 1 aliphatic heterocycles. The van der Waals surface area contributed by atoms with Crippen LogP contribution < -0.4 is 51.4 Å². The number of nitrogens with zero attached hydrogens (tertiary/aromatic N) is 1. The number of halogens is 1. The number of ether oxygens (including phenoxy) is 1. The van der Waals surface area contributed by atoms with Gasteiger partial charge in [0, 0.05) is 43.8 Å². The number of thiophene rings is 1. The van der Waals surface area contributed by atoms with E-state index < -0.39 is 26.8 Å².